The van der Waals surface area contributed by atoms with Crippen LogP contribution in [0.4, 0.5) is 0 Å². The Morgan fingerprint density at radius 1 is 1.40 bits per heavy atom. The molecule has 106 valence electrons. The van der Waals surface area contributed by atoms with Crippen molar-refractivity contribution < 1.29 is 9.59 Å². The van der Waals surface area contributed by atoms with Gasteiger partial charge in [0, 0.05) is 18.1 Å². The third-order valence-electron chi connectivity index (χ3n) is 2.78. The van der Waals surface area contributed by atoms with Crippen LogP contribution in [0.25, 0.3) is 0 Å². The van der Waals surface area contributed by atoms with Gasteiger partial charge in [-0.3, -0.25) is 14.5 Å². The first kappa shape index (κ1) is 15.3. The molecule has 0 atom stereocenters. The molecule has 1 aromatic carbocycles. The van der Waals surface area contributed by atoms with E-state index in [0.29, 0.717) is 34.6 Å². The lowest BCUT2D eigenvalue weighted by atomic mass is 10.1. The van der Waals surface area contributed by atoms with Crippen LogP contribution in [-0.2, 0) is 16.0 Å². The summed E-state index contributed by atoms with van der Waals surface area (Å²) in [5, 5.41) is 3.43. The first-order valence-corrected chi connectivity index (χ1v) is 7.81. The van der Waals surface area contributed by atoms with Gasteiger partial charge in [0.2, 0.25) is 11.8 Å². The summed E-state index contributed by atoms with van der Waals surface area (Å²) in [5.74, 6) is 0.321. The average molecular weight is 329 g/mol. The molecular formula is C13H13ClN2O2S2. The summed E-state index contributed by atoms with van der Waals surface area (Å²) in [4.78, 5) is 24.8. The third-order valence-corrected chi connectivity index (χ3v) is 4.46. The van der Waals surface area contributed by atoms with Crippen molar-refractivity contribution in [1.82, 2.24) is 10.2 Å². The van der Waals surface area contributed by atoms with E-state index in [0.717, 1.165) is 5.56 Å². The first-order chi connectivity index (χ1) is 9.56. The van der Waals surface area contributed by atoms with Crippen LogP contribution >= 0.6 is 35.6 Å². The molecule has 1 saturated heterocycles. The number of rotatable bonds is 5. The zero-order chi connectivity index (χ0) is 14.5. The zero-order valence-corrected chi connectivity index (χ0v) is 13.0. The van der Waals surface area contributed by atoms with Crippen LogP contribution in [0.3, 0.4) is 0 Å². The molecule has 1 aliphatic rings. The van der Waals surface area contributed by atoms with Crippen molar-refractivity contribution in [2.75, 3.05) is 18.8 Å². The monoisotopic (exact) mass is 328 g/mol. The van der Waals surface area contributed by atoms with Crippen LogP contribution in [0, 0.1) is 0 Å². The van der Waals surface area contributed by atoms with Crippen LogP contribution in [0.2, 0.25) is 5.02 Å². The Labute approximate surface area is 131 Å². The van der Waals surface area contributed by atoms with Crippen molar-refractivity contribution in [3.8, 4) is 0 Å². The number of thioether (sulfide) groups is 1. The van der Waals surface area contributed by atoms with Gasteiger partial charge in [-0.15, -0.1) is 0 Å². The summed E-state index contributed by atoms with van der Waals surface area (Å²) in [5.41, 5.74) is 0.898. The lowest BCUT2D eigenvalue weighted by molar-refractivity contribution is -0.125. The van der Waals surface area contributed by atoms with E-state index in [1.165, 1.54) is 16.7 Å². The maximum atomic E-state index is 11.7. The number of benzene rings is 1. The quantitative estimate of drug-likeness (QED) is 0.838. The van der Waals surface area contributed by atoms with Gasteiger partial charge in [-0.2, -0.15) is 0 Å². The predicted octanol–water partition coefficient (Wildman–Crippen LogP) is 1.86. The SMILES string of the molecule is O=C(Cc1ccc(Cl)cc1)NCCN1C(=O)CSC1=S. The molecule has 1 aliphatic heterocycles. The van der Waals surface area contributed by atoms with Crippen molar-refractivity contribution in [3.63, 3.8) is 0 Å². The van der Waals surface area contributed by atoms with Gasteiger partial charge in [0.1, 0.15) is 4.32 Å². The summed E-state index contributed by atoms with van der Waals surface area (Å²) in [6, 6.07) is 7.14. The Kier molecular flexibility index (Phi) is 5.39. The zero-order valence-electron chi connectivity index (χ0n) is 10.6. The molecule has 20 heavy (non-hydrogen) atoms. The van der Waals surface area contributed by atoms with Crippen LogP contribution in [0.15, 0.2) is 24.3 Å². The molecule has 0 radical (unpaired) electrons. The molecule has 0 saturated carbocycles. The molecule has 0 bridgehead atoms. The fourth-order valence-electron chi connectivity index (χ4n) is 1.75. The summed E-state index contributed by atoms with van der Waals surface area (Å²) in [6.45, 7) is 0.829. The number of hydrogen-bond acceptors (Lipinski definition) is 4. The van der Waals surface area contributed by atoms with E-state index in [4.69, 9.17) is 23.8 Å². The summed E-state index contributed by atoms with van der Waals surface area (Å²) in [6.07, 6.45) is 0.296. The smallest absolute Gasteiger partial charge is 0.238 e. The van der Waals surface area contributed by atoms with Crippen LogP contribution in [0.5, 0.6) is 0 Å². The molecular weight excluding hydrogens is 316 g/mol. The Balaban J connectivity index is 1.74. The fraction of sp³-hybridized carbons (Fsp3) is 0.308. The minimum absolute atomic E-state index is 0.00644. The second-order valence-corrected chi connectivity index (χ2v) is 6.30. The Morgan fingerprint density at radius 2 is 2.10 bits per heavy atom. The molecule has 0 spiro atoms. The van der Waals surface area contributed by atoms with Crippen LogP contribution < -0.4 is 5.32 Å². The highest BCUT2D eigenvalue weighted by Crippen LogP contribution is 2.18. The lowest BCUT2D eigenvalue weighted by Gasteiger charge is -2.15. The highest BCUT2D eigenvalue weighted by Gasteiger charge is 2.25. The van der Waals surface area contributed by atoms with Gasteiger partial charge in [-0.25, -0.2) is 0 Å². The largest absolute Gasteiger partial charge is 0.354 e. The number of amides is 2. The summed E-state index contributed by atoms with van der Waals surface area (Å²) in [7, 11) is 0. The standard InChI is InChI=1S/C13H13ClN2O2S2/c14-10-3-1-9(2-4-10)7-11(17)15-5-6-16-12(18)8-20-13(16)19/h1-4H,5-8H2,(H,15,17). The molecule has 4 nitrogen and oxygen atoms in total. The van der Waals surface area contributed by atoms with Gasteiger partial charge in [0.25, 0.3) is 0 Å². The number of hydrogen-bond donors (Lipinski definition) is 1. The molecule has 1 N–H and O–H groups in total. The minimum atomic E-state index is -0.0856. The molecule has 1 fully saturated rings. The first-order valence-electron chi connectivity index (χ1n) is 6.04. The lowest BCUT2D eigenvalue weighted by Crippen LogP contribution is -2.37. The maximum Gasteiger partial charge on any atom is 0.238 e. The average Bonchev–Trinajstić information content (AvgIpc) is 2.73. The number of thiocarbonyl (C=S) groups is 1. The van der Waals surface area contributed by atoms with Gasteiger partial charge in [0.15, 0.2) is 0 Å². The molecule has 1 aromatic rings. The maximum absolute atomic E-state index is 11.7. The van der Waals surface area contributed by atoms with Crippen molar-refractivity contribution >= 4 is 51.7 Å². The number of carbonyl (C=O) groups excluding carboxylic acids is 2. The molecule has 0 unspecified atom stereocenters. The normalized spacial score (nSPS) is 14.8. The molecule has 2 amide bonds. The van der Waals surface area contributed by atoms with Crippen molar-refractivity contribution in [2.24, 2.45) is 0 Å². The topological polar surface area (TPSA) is 49.4 Å². The van der Waals surface area contributed by atoms with Crippen molar-refractivity contribution in [3.05, 3.63) is 34.9 Å². The second-order valence-electron chi connectivity index (χ2n) is 4.25. The van der Waals surface area contributed by atoms with E-state index in [9.17, 15) is 9.59 Å². The van der Waals surface area contributed by atoms with E-state index in [1.54, 1.807) is 12.1 Å². The number of nitrogens with zero attached hydrogens (tertiary/aromatic N) is 1. The second kappa shape index (κ2) is 7.06. The van der Waals surface area contributed by atoms with E-state index < -0.39 is 0 Å². The number of nitrogens with one attached hydrogen (secondary N) is 1. The van der Waals surface area contributed by atoms with Gasteiger partial charge < -0.3 is 5.32 Å². The molecule has 1 heterocycles. The summed E-state index contributed by atoms with van der Waals surface area (Å²) < 4.78 is 0.585. The third kappa shape index (κ3) is 4.19. The number of carbonyl (C=O) groups is 2. The molecule has 7 heteroatoms. The van der Waals surface area contributed by atoms with E-state index >= 15 is 0 Å². The van der Waals surface area contributed by atoms with Crippen molar-refractivity contribution in [1.29, 1.82) is 0 Å². The number of halogens is 1. The Hall–Kier alpha value is -1.11. The van der Waals surface area contributed by atoms with E-state index in [-0.39, 0.29) is 11.8 Å². The van der Waals surface area contributed by atoms with Gasteiger partial charge in [-0.1, -0.05) is 47.7 Å². The van der Waals surface area contributed by atoms with Gasteiger partial charge in [-0.05, 0) is 17.7 Å². The van der Waals surface area contributed by atoms with E-state index in [1.807, 2.05) is 12.1 Å². The molecule has 0 aromatic heterocycles. The van der Waals surface area contributed by atoms with E-state index in [2.05, 4.69) is 5.32 Å². The Bertz CT molecular complexity index is 518. The predicted molar refractivity (Wildman–Crippen MR) is 84.9 cm³/mol. The fourth-order valence-corrected chi connectivity index (χ4v) is 3.00. The van der Waals surface area contributed by atoms with Gasteiger partial charge >= 0.3 is 0 Å². The highest BCUT2D eigenvalue weighted by molar-refractivity contribution is 8.23. The van der Waals surface area contributed by atoms with Gasteiger partial charge in [0.05, 0.1) is 12.2 Å². The molecule has 2 rings (SSSR count). The van der Waals surface area contributed by atoms with Crippen LogP contribution in [0.1, 0.15) is 5.56 Å². The highest BCUT2D eigenvalue weighted by atomic mass is 35.5. The van der Waals surface area contributed by atoms with Crippen LogP contribution in [-0.4, -0.2) is 39.9 Å². The molecule has 0 aliphatic carbocycles. The Morgan fingerprint density at radius 3 is 2.70 bits per heavy atom. The summed E-state index contributed by atoms with van der Waals surface area (Å²) >= 11 is 12.2. The van der Waals surface area contributed by atoms with Crippen molar-refractivity contribution in [2.45, 2.75) is 6.42 Å². The minimum Gasteiger partial charge on any atom is -0.354 e.